The fourth-order valence-corrected chi connectivity index (χ4v) is 2.79. The third-order valence-electron chi connectivity index (χ3n) is 4.12. The summed E-state index contributed by atoms with van der Waals surface area (Å²) in [6.45, 7) is 2.67. The monoisotopic (exact) mass is 283 g/mol. The van der Waals surface area contributed by atoms with Gasteiger partial charge in [0.25, 0.3) is 0 Å². The SMILES string of the molecule is CNC(CN1CCC(N(C)C)C1)c1cccc(F)c1F. The fraction of sp³-hybridized carbons (Fsp3) is 0.600. The number of benzene rings is 1. The maximum atomic E-state index is 13.9. The van der Waals surface area contributed by atoms with E-state index in [1.54, 1.807) is 19.2 Å². The third kappa shape index (κ3) is 3.34. The summed E-state index contributed by atoms with van der Waals surface area (Å²) in [6.07, 6.45) is 1.12. The predicted octanol–water partition coefficient (Wildman–Crippen LogP) is 1.86. The largest absolute Gasteiger partial charge is 0.312 e. The Morgan fingerprint density at radius 1 is 1.40 bits per heavy atom. The summed E-state index contributed by atoms with van der Waals surface area (Å²) in [6, 6.07) is 4.73. The quantitative estimate of drug-likeness (QED) is 0.890. The molecular weight excluding hydrogens is 260 g/mol. The predicted molar refractivity (Wildman–Crippen MR) is 76.7 cm³/mol. The van der Waals surface area contributed by atoms with Crippen molar-refractivity contribution in [2.75, 3.05) is 40.8 Å². The van der Waals surface area contributed by atoms with Crippen LogP contribution in [-0.2, 0) is 0 Å². The van der Waals surface area contributed by atoms with Crippen molar-refractivity contribution in [1.29, 1.82) is 0 Å². The smallest absolute Gasteiger partial charge is 0.163 e. The van der Waals surface area contributed by atoms with Crippen LogP contribution in [0.4, 0.5) is 8.78 Å². The van der Waals surface area contributed by atoms with Gasteiger partial charge in [-0.25, -0.2) is 8.78 Å². The Balaban J connectivity index is 2.05. The Kier molecular flexibility index (Phi) is 5.07. The Morgan fingerprint density at radius 3 is 2.75 bits per heavy atom. The van der Waals surface area contributed by atoms with E-state index in [0.717, 1.165) is 25.6 Å². The summed E-state index contributed by atoms with van der Waals surface area (Å²) in [5.74, 6) is -1.52. The van der Waals surface area contributed by atoms with Gasteiger partial charge in [0.15, 0.2) is 11.6 Å². The normalized spacial score (nSPS) is 21.6. The first-order valence-electron chi connectivity index (χ1n) is 7.03. The molecule has 0 radical (unpaired) electrons. The van der Waals surface area contributed by atoms with Crippen LogP contribution in [0, 0.1) is 11.6 Å². The van der Waals surface area contributed by atoms with Gasteiger partial charge in [-0.2, -0.15) is 0 Å². The zero-order chi connectivity index (χ0) is 14.7. The summed E-state index contributed by atoms with van der Waals surface area (Å²) in [4.78, 5) is 4.52. The molecule has 1 aliphatic heterocycles. The topological polar surface area (TPSA) is 18.5 Å². The van der Waals surface area contributed by atoms with Gasteiger partial charge in [-0.05, 0) is 40.2 Å². The highest BCUT2D eigenvalue weighted by atomic mass is 19.2. The number of nitrogens with zero attached hydrogens (tertiary/aromatic N) is 2. The first-order valence-corrected chi connectivity index (χ1v) is 7.03. The molecule has 1 saturated heterocycles. The van der Waals surface area contributed by atoms with Crippen LogP contribution in [0.25, 0.3) is 0 Å². The average molecular weight is 283 g/mol. The second kappa shape index (κ2) is 6.61. The number of likely N-dealkylation sites (tertiary alicyclic amines) is 1. The van der Waals surface area contributed by atoms with Crippen LogP contribution in [0.3, 0.4) is 0 Å². The molecule has 0 aromatic heterocycles. The van der Waals surface area contributed by atoms with Gasteiger partial charge in [-0.3, -0.25) is 4.90 Å². The van der Waals surface area contributed by atoms with E-state index in [-0.39, 0.29) is 6.04 Å². The van der Waals surface area contributed by atoms with Crippen LogP contribution in [0.1, 0.15) is 18.0 Å². The van der Waals surface area contributed by atoms with E-state index in [9.17, 15) is 8.78 Å². The lowest BCUT2D eigenvalue weighted by Crippen LogP contribution is -2.36. The Hall–Kier alpha value is -1.04. The minimum absolute atomic E-state index is 0.188. The molecule has 1 fully saturated rings. The van der Waals surface area contributed by atoms with Crippen LogP contribution < -0.4 is 5.32 Å². The molecule has 2 unspecified atom stereocenters. The molecule has 0 bridgehead atoms. The van der Waals surface area contributed by atoms with E-state index in [1.807, 2.05) is 0 Å². The fourth-order valence-electron chi connectivity index (χ4n) is 2.79. The van der Waals surface area contributed by atoms with E-state index in [2.05, 4.69) is 29.2 Å². The molecule has 0 saturated carbocycles. The number of hydrogen-bond acceptors (Lipinski definition) is 3. The van der Waals surface area contributed by atoms with Gasteiger partial charge in [0, 0.05) is 30.7 Å². The lowest BCUT2D eigenvalue weighted by molar-refractivity contribution is 0.251. The second-order valence-corrected chi connectivity index (χ2v) is 5.65. The Morgan fingerprint density at radius 2 is 2.15 bits per heavy atom. The van der Waals surface area contributed by atoms with Crippen molar-refractivity contribution in [3.63, 3.8) is 0 Å². The first-order chi connectivity index (χ1) is 9.52. The van der Waals surface area contributed by atoms with E-state index in [4.69, 9.17) is 0 Å². The van der Waals surface area contributed by atoms with Gasteiger partial charge in [0.1, 0.15) is 0 Å². The number of hydrogen-bond donors (Lipinski definition) is 1. The van der Waals surface area contributed by atoms with Crippen LogP contribution in [0.15, 0.2) is 18.2 Å². The Bertz CT molecular complexity index is 451. The van der Waals surface area contributed by atoms with Gasteiger partial charge in [0.05, 0.1) is 0 Å². The van der Waals surface area contributed by atoms with Crippen LogP contribution in [-0.4, -0.2) is 56.6 Å². The molecule has 1 heterocycles. The van der Waals surface area contributed by atoms with Crippen LogP contribution >= 0.6 is 0 Å². The van der Waals surface area contributed by atoms with Crippen molar-refractivity contribution < 1.29 is 8.78 Å². The van der Waals surface area contributed by atoms with E-state index >= 15 is 0 Å². The molecule has 1 aromatic carbocycles. The van der Waals surface area contributed by atoms with Crippen molar-refractivity contribution in [2.24, 2.45) is 0 Å². The molecule has 0 aliphatic carbocycles. The van der Waals surface area contributed by atoms with Crippen molar-refractivity contribution in [1.82, 2.24) is 15.1 Å². The lowest BCUT2D eigenvalue weighted by Gasteiger charge is -2.25. The van der Waals surface area contributed by atoms with Gasteiger partial charge in [-0.15, -0.1) is 0 Å². The van der Waals surface area contributed by atoms with Crippen molar-refractivity contribution in [3.8, 4) is 0 Å². The minimum atomic E-state index is -0.782. The number of nitrogens with one attached hydrogen (secondary N) is 1. The maximum absolute atomic E-state index is 13.9. The highest BCUT2D eigenvalue weighted by Crippen LogP contribution is 2.22. The number of likely N-dealkylation sites (N-methyl/N-ethyl adjacent to an activating group) is 2. The maximum Gasteiger partial charge on any atom is 0.163 e. The van der Waals surface area contributed by atoms with E-state index in [0.29, 0.717) is 18.2 Å². The van der Waals surface area contributed by atoms with E-state index < -0.39 is 11.6 Å². The summed E-state index contributed by atoms with van der Waals surface area (Å²) >= 11 is 0. The molecular formula is C15H23F2N3. The second-order valence-electron chi connectivity index (χ2n) is 5.65. The molecule has 0 amide bonds. The molecule has 0 spiro atoms. The molecule has 20 heavy (non-hydrogen) atoms. The summed E-state index contributed by atoms with van der Waals surface area (Å²) in [5.41, 5.74) is 0.404. The number of rotatable bonds is 5. The highest BCUT2D eigenvalue weighted by molar-refractivity contribution is 5.23. The molecule has 5 heteroatoms. The van der Waals surface area contributed by atoms with Gasteiger partial charge < -0.3 is 10.2 Å². The average Bonchev–Trinajstić information content (AvgIpc) is 2.88. The highest BCUT2D eigenvalue weighted by Gasteiger charge is 2.27. The molecule has 2 atom stereocenters. The minimum Gasteiger partial charge on any atom is -0.312 e. The lowest BCUT2D eigenvalue weighted by atomic mass is 10.1. The molecule has 112 valence electrons. The molecule has 2 rings (SSSR count). The molecule has 1 aliphatic rings. The van der Waals surface area contributed by atoms with Crippen LogP contribution in [0.5, 0.6) is 0 Å². The first kappa shape index (κ1) is 15.4. The third-order valence-corrected chi connectivity index (χ3v) is 4.12. The molecule has 1 N–H and O–H groups in total. The van der Waals surface area contributed by atoms with E-state index in [1.165, 1.54) is 0 Å². The zero-order valence-electron chi connectivity index (χ0n) is 12.4. The van der Waals surface area contributed by atoms with Crippen molar-refractivity contribution >= 4 is 0 Å². The number of halogens is 2. The summed E-state index contributed by atoms with van der Waals surface area (Å²) < 4.78 is 27.2. The molecule has 3 nitrogen and oxygen atoms in total. The zero-order valence-corrected chi connectivity index (χ0v) is 12.4. The molecule has 1 aromatic rings. The van der Waals surface area contributed by atoms with Crippen LogP contribution in [0.2, 0.25) is 0 Å². The van der Waals surface area contributed by atoms with Gasteiger partial charge >= 0.3 is 0 Å². The summed E-state index contributed by atoms with van der Waals surface area (Å²) in [5, 5.41) is 3.10. The summed E-state index contributed by atoms with van der Waals surface area (Å²) in [7, 11) is 5.94. The standard InChI is InChI=1S/C15H23F2N3/c1-18-14(12-5-4-6-13(16)15(12)17)10-20-8-7-11(9-20)19(2)3/h4-6,11,14,18H,7-10H2,1-3H3. The van der Waals surface area contributed by atoms with Crippen molar-refractivity contribution in [3.05, 3.63) is 35.4 Å². The van der Waals surface area contributed by atoms with Gasteiger partial charge in [0.2, 0.25) is 0 Å². The van der Waals surface area contributed by atoms with Crippen molar-refractivity contribution in [2.45, 2.75) is 18.5 Å². The Labute approximate surface area is 119 Å². The van der Waals surface area contributed by atoms with Gasteiger partial charge in [-0.1, -0.05) is 12.1 Å².